The fraction of sp³-hybridized carbons (Fsp3) is 1.00. The Morgan fingerprint density at radius 1 is 1.18 bits per heavy atom. The summed E-state index contributed by atoms with van der Waals surface area (Å²) in [6.07, 6.45) is 2.65. The summed E-state index contributed by atoms with van der Waals surface area (Å²) in [6, 6.07) is 0.484. The van der Waals surface area contributed by atoms with Gasteiger partial charge in [-0.15, -0.1) is 0 Å². The van der Waals surface area contributed by atoms with Gasteiger partial charge in [0, 0.05) is 6.04 Å². The quantitative estimate of drug-likeness (QED) is 0.566. The number of nitrogens with two attached hydrogens (primary N) is 1. The summed E-state index contributed by atoms with van der Waals surface area (Å²) in [5.41, 5.74) is 6.64. The zero-order valence-corrected chi connectivity index (χ0v) is 7.80. The molecule has 0 aliphatic heterocycles. The van der Waals surface area contributed by atoms with Crippen LogP contribution in [0.25, 0.3) is 0 Å². The first kappa shape index (κ1) is 7.60. The molecule has 0 amide bonds. The first-order valence-corrected chi connectivity index (χ1v) is 4.79. The SMILES string of the molecule is C[C@H]1C[C@H]2[C@@H](C[C@@H]1N)C2(C)C. The average Bonchev–Trinajstić information content (AvgIpc) is 2.39. The van der Waals surface area contributed by atoms with Gasteiger partial charge in [-0.05, 0) is 36.0 Å². The van der Waals surface area contributed by atoms with Crippen molar-refractivity contribution in [3.8, 4) is 0 Å². The molecule has 0 radical (unpaired) electrons. The molecule has 0 aromatic heterocycles. The fourth-order valence-electron chi connectivity index (χ4n) is 2.89. The Kier molecular flexibility index (Phi) is 1.39. The highest BCUT2D eigenvalue weighted by atomic mass is 14.7. The minimum Gasteiger partial charge on any atom is -0.327 e. The molecule has 2 fully saturated rings. The van der Waals surface area contributed by atoms with Crippen LogP contribution >= 0.6 is 0 Å². The van der Waals surface area contributed by atoms with Crippen molar-refractivity contribution >= 4 is 0 Å². The topological polar surface area (TPSA) is 26.0 Å². The van der Waals surface area contributed by atoms with Gasteiger partial charge in [0.2, 0.25) is 0 Å². The molecule has 0 aromatic carbocycles. The van der Waals surface area contributed by atoms with E-state index in [1.807, 2.05) is 0 Å². The number of fused-ring (bicyclic) bond motifs is 1. The Hall–Kier alpha value is -0.0400. The molecule has 0 aromatic rings. The standard InChI is InChI=1S/C10H19N/c1-6-4-7-8(5-9(6)11)10(7,2)3/h6-9H,4-5,11H2,1-3H3/t6-,7-,8+,9-/m0/s1. The third-order valence-corrected chi connectivity index (χ3v) is 4.17. The van der Waals surface area contributed by atoms with E-state index in [4.69, 9.17) is 5.73 Å². The summed E-state index contributed by atoms with van der Waals surface area (Å²) in [4.78, 5) is 0. The van der Waals surface area contributed by atoms with Crippen LogP contribution in [0.1, 0.15) is 33.6 Å². The van der Waals surface area contributed by atoms with Gasteiger partial charge in [0.05, 0.1) is 0 Å². The van der Waals surface area contributed by atoms with Gasteiger partial charge in [-0.25, -0.2) is 0 Å². The number of rotatable bonds is 0. The summed E-state index contributed by atoms with van der Waals surface area (Å²) < 4.78 is 0. The van der Waals surface area contributed by atoms with Crippen molar-refractivity contribution < 1.29 is 0 Å². The second kappa shape index (κ2) is 2.01. The van der Waals surface area contributed by atoms with Crippen molar-refractivity contribution in [1.82, 2.24) is 0 Å². The predicted molar refractivity (Wildman–Crippen MR) is 47.1 cm³/mol. The average molecular weight is 153 g/mol. The van der Waals surface area contributed by atoms with Crippen molar-refractivity contribution in [1.29, 1.82) is 0 Å². The highest BCUT2D eigenvalue weighted by Crippen LogP contribution is 2.65. The molecule has 11 heavy (non-hydrogen) atoms. The molecule has 0 saturated heterocycles. The van der Waals surface area contributed by atoms with Crippen LogP contribution in [0.4, 0.5) is 0 Å². The van der Waals surface area contributed by atoms with Gasteiger partial charge >= 0.3 is 0 Å². The summed E-state index contributed by atoms with van der Waals surface area (Å²) in [5.74, 6) is 2.71. The highest BCUT2D eigenvalue weighted by molar-refractivity contribution is 5.09. The van der Waals surface area contributed by atoms with Gasteiger partial charge in [-0.1, -0.05) is 20.8 Å². The molecule has 0 spiro atoms. The molecule has 4 atom stereocenters. The first-order valence-electron chi connectivity index (χ1n) is 4.79. The van der Waals surface area contributed by atoms with E-state index in [0.717, 1.165) is 17.8 Å². The van der Waals surface area contributed by atoms with Crippen LogP contribution in [0.2, 0.25) is 0 Å². The Bertz CT molecular complexity index is 156. The van der Waals surface area contributed by atoms with E-state index in [1.165, 1.54) is 12.8 Å². The molecule has 0 bridgehead atoms. The zero-order chi connectivity index (χ0) is 8.22. The van der Waals surface area contributed by atoms with Gasteiger partial charge in [-0.2, -0.15) is 0 Å². The van der Waals surface area contributed by atoms with Crippen LogP contribution in [0.3, 0.4) is 0 Å². The fourth-order valence-corrected chi connectivity index (χ4v) is 2.89. The molecular formula is C10H19N. The predicted octanol–water partition coefficient (Wildman–Crippen LogP) is 2.02. The number of hydrogen-bond donors (Lipinski definition) is 1. The van der Waals surface area contributed by atoms with Crippen molar-refractivity contribution in [2.45, 2.75) is 39.7 Å². The van der Waals surface area contributed by atoms with E-state index in [-0.39, 0.29) is 0 Å². The van der Waals surface area contributed by atoms with E-state index < -0.39 is 0 Å². The van der Waals surface area contributed by atoms with E-state index in [0.29, 0.717) is 11.5 Å². The summed E-state index contributed by atoms with van der Waals surface area (Å²) >= 11 is 0. The normalized spacial score (nSPS) is 53.5. The van der Waals surface area contributed by atoms with Crippen molar-refractivity contribution in [2.75, 3.05) is 0 Å². The monoisotopic (exact) mass is 153 g/mol. The van der Waals surface area contributed by atoms with E-state index in [1.54, 1.807) is 0 Å². The lowest BCUT2D eigenvalue weighted by Crippen LogP contribution is -2.32. The Morgan fingerprint density at radius 3 is 2.27 bits per heavy atom. The van der Waals surface area contributed by atoms with E-state index in [9.17, 15) is 0 Å². The molecule has 0 unspecified atom stereocenters. The lowest BCUT2D eigenvalue weighted by atomic mass is 9.87. The Morgan fingerprint density at radius 2 is 1.73 bits per heavy atom. The van der Waals surface area contributed by atoms with Crippen LogP contribution in [0.5, 0.6) is 0 Å². The van der Waals surface area contributed by atoms with Gasteiger partial charge < -0.3 is 5.73 Å². The molecular weight excluding hydrogens is 134 g/mol. The molecule has 1 nitrogen and oxygen atoms in total. The summed E-state index contributed by atoms with van der Waals surface area (Å²) in [7, 11) is 0. The van der Waals surface area contributed by atoms with Gasteiger partial charge in [0.1, 0.15) is 0 Å². The molecule has 1 heteroatoms. The lowest BCUT2D eigenvalue weighted by Gasteiger charge is -2.23. The minimum atomic E-state index is 0.484. The maximum Gasteiger partial charge on any atom is 0.00675 e. The van der Waals surface area contributed by atoms with Crippen LogP contribution < -0.4 is 5.73 Å². The van der Waals surface area contributed by atoms with Crippen molar-refractivity contribution in [2.24, 2.45) is 28.9 Å². The minimum absolute atomic E-state index is 0.484. The largest absolute Gasteiger partial charge is 0.327 e. The van der Waals surface area contributed by atoms with Crippen LogP contribution in [0, 0.1) is 23.2 Å². The molecule has 2 rings (SSSR count). The number of hydrogen-bond acceptors (Lipinski definition) is 1. The third-order valence-electron chi connectivity index (χ3n) is 4.17. The third kappa shape index (κ3) is 0.936. The molecule has 2 saturated carbocycles. The van der Waals surface area contributed by atoms with Crippen LogP contribution in [-0.4, -0.2) is 6.04 Å². The molecule has 0 heterocycles. The van der Waals surface area contributed by atoms with Crippen LogP contribution in [0.15, 0.2) is 0 Å². The van der Waals surface area contributed by atoms with Gasteiger partial charge in [0.15, 0.2) is 0 Å². The molecule has 2 N–H and O–H groups in total. The van der Waals surface area contributed by atoms with Crippen molar-refractivity contribution in [3.63, 3.8) is 0 Å². The maximum atomic E-state index is 6.02. The second-order valence-corrected chi connectivity index (χ2v) is 5.15. The lowest BCUT2D eigenvalue weighted by molar-refractivity contribution is 0.317. The zero-order valence-electron chi connectivity index (χ0n) is 7.80. The van der Waals surface area contributed by atoms with Gasteiger partial charge in [0.25, 0.3) is 0 Å². The first-order chi connectivity index (χ1) is 5.03. The summed E-state index contributed by atoms with van der Waals surface area (Å²) in [6.45, 7) is 7.09. The Balaban J connectivity index is 2.07. The summed E-state index contributed by atoms with van der Waals surface area (Å²) in [5, 5.41) is 0. The molecule has 2 aliphatic rings. The van der Waals surface area contributed by atoms with Crippen molar-refractivity contribution in [3.05, 3.63) is 0 Å². The van der Waals surface area contributed by atoms with E-state index >= 15 is 0 Å². The van der Waals surface area contributed by atoms with Gasteiger partial charge in [-0.3, -0.25) is 0 Å². The molecule has 2 aliphatic carbocycles. The van der Waals surface area contributed by atoms with Crippen LogP contribution in [-0.2, 0) is 0 Å². The molecule has 64 valence electrons. The maximum absolute atomic E-state index is 6.02. The second-order valence-electron chi connectivity index (χ2n) is 5.15. The highest BCUT2D eigenvalue weighted by Gasteiger charge is 2.59. The smallest absolute Gasteiger partial charge is 0.00675 e. The van der Waals surface area contributed by atoms with E-state index in [2.05, 4.69) is 20.8 Å². The Labute approximate surface area is 69.4 Å².